The van der Waals surface area contributed by atoms with Crippen molar-refractivity contribution < 1.29 is 9.53 Å². The molecule has 1 amide bonds. The smallest absolute Gasteiger partial charge is 0.229 e. The van der Waals surface area contributed by atoms with Crippen molar-refractivity contribution in [2.75, 3.05) is 24.3 Å². The molecule has 2 aromatic heterocycles. The number of aromatic nitrogens is 4. The molecular formula is C26H29N7O2. The number of ether oxygens (including phenoxy) is 1. The predicted octanol–water partition coefficient (Wildman–Crippen LogP) is 4.38. The lowest BCUT2D eigenvalue weighted by Crippen LogP contribution is -2.34. The van der Waals surface area contributed by atoms with Crippen LogP contribution in [0.4, 0.5) is 23.1 Å². The molecule has 0 saturated carbocycles. The Balaban J connectivity index is 1.45. The van der Waals surface area contributed by atoms with E-state index in [2.05, 4.69) is 52.8 Å². The summed E-state index contributed by atoms with van der Waals surface area (Å²) in [6.45, 7) is 7.05. The summed E-state index contributed by atoms with van der Waals surface area (Å²) in [6.07, 6.45) is 2.58. The molecule has 0 unspecified atom stereocenters. The van der Waals surface area contributed by atoms with Crippen molar-refractivity contribution in [3.8, 4) is 5.75 Å². The molecule has 3 heterocycles. The Morgan fingerprint density at radius 2 is 1.89 bits per heavy atom. The van der Waals surface area contributed by atoms with E-state index in [9.17, 15) is 4.79 Å². The topological polar surface area (TPSA) is 97.2 Å². The van der Waals surface area contributed by atoms with Gasteiger partial charge in [0, 0.05) is 38.9 Å². The minimum Gasteiger partial charge on any atom is -0.495 e. The van der Waals surface area contributed by atoms with E-state index >= 15 is 0 Å². The monoisotopic (exact) mass is 471 g/mol. The number of amides is 1. The van der Waals surface area contributed by atoms with Crippen molar-refractivity contribution in [1.82, 2.24) is 24.6 Å². The number of carbonyl (C=O) groups is 1. The van der Waals surface area contributed by atoms with E-state index in [1.54, 1.807) is 24.9 Å². The van der Waals surface area contributed by atoms with Crippen molar-refractivity contribution >= 4 is 40.1 Å². The zero-order valence-corrected chi connectivity index (χ0v) is 20.6. The molecule has 1 aliphatic rings. The third kappa shape index (κ3) is 4.25. The van der Waals surface area contributed by atoms with Gasteiger partial charge in [-0.1, -0.05) is 18.2 Å². The molecule has 4 aromatic rings. The maximum absolute atomic E-state index is 11.8. The average Bonchev–Trinajstić information content (AvgIpc) is 3.15. The second kappa shape index (κ2) is 8.90. The number of para-hydroxylation sites is 1. The molecule has 0 atom stereocenters. The van der Waals surface area contributed by atoms with Gasteiger partial charge in [0.15, 0.2) is 11.5 Å². The van der Waals surface area contributed by atoms with Gasteiger partial charge in [0.2, 0.25) is 11.9 Å². The van der Waals surface area contributed by atoms with Gasteiger partial charge >= 0.3 is 0 Å². The van der Waals surface area contributed by atoms with Crippen LogP contribution in [0.3, 0.4) is 0 Å². The summed E-state index contributed by atoms with van der Waals surface area (Å²) in [4.78, 5) is 22.9. The molecule has 2 aromatic carbocycles. The lowest BCUT2D eigenvalue weighted by molar-refractivity contribution is -0.129. The molecule has 9 nitrogen and oxygen atoms in total. The number of fused-ring (bicyclic) bond motifs is 2. The molecule has 0 fully saturated rings. The van der Waals surface area contributed by atoms with Gasteiger partial charge in [0.1, 0.15) is 5.75 Å². The third-order valence-corrected chi connectivity index (χ3v) is 6.53. The highest BCUT2D eigenvalue weighted by molar-refractivity contribution is 5.90. The maximum atomic E-state index is 11.8. The van der Waals surface area contributed by atoms with E-state index in [1.807, 2.05) is 24.1 Å². The zero-order valence-electron chi connectivity index (χ0n) is 20.6. The van der Waals surface area contributed by atoms with Crippen molar-refractivity contribution in [3.63, 3.8) is 0 Å². The molecule has 2 N–H and O–H groups in total. The highest BCUT2D eigenvalue weighted by Gasteiger charge is 2.21. The Labute approximate surface area is 204 Å². The second-order valence-corrected chi connectivity index (χ2v) is 8.93. The fourth-order valence-corrected chi connectivity index (χ4v) is 4.56. The molecule has 5 rings (SSSR count). The van der Waals surface area contributed by atoms with E-state index in [4.69, 9.17) is 9.72 Å². The molecule has 0 bridgehead atoms. The lowest BCUT2D eigenvalue weighted by Gasteiger charge is -2.29. The largest absolute Gasteiger partial charge is 0.495 e. The molecule has 0 saturated heterocycles. The van der Waals surface area contributed by atoms with Crippen molar-refractivity contribution in [1.29, 1.82) is 0 Å². The van der Waals surface area contributed by atoms with E-state index in [-0.39, 0.29) is 5.91 Å². The minimum absolute atomic E-state index is 0.0844. The first kappa shape index (κ1) is 22.6. The molecule has 0 aliphatic carbocycles. The SMILES string of the molecule is COc1cc2c(cc1Nc1ncc3c(Nc4c(C)cccc4C)nn(C)c3n1)CCN(C(C)=O)C2. The molecule has 1 aliphatic heterocycles. The van der Waals surface area contributed by atoms with Crippen LogP contribution in [0.2, 0.25) is 0 Å². The summed E-state index contributed by atoms with van der Waals surface area (Å²) >= 11 is 0. The number of carbonyl (C=O) groups excluding carboxylic acids is 1. The predicted molar refractivity (Wildman–Crippen MR) is 137 cm³/mol. The number of methoxy groups -OCH3 is 1. The Bertz CT molecular complexity index is 1420. The average molecular weight is 472 g/mol. The Morgan fingerprint density at radius 1 is 1.11 bits per heavy atom. The van der Waals surface area contributed by atoms with Crippen molar-refractivity contribution in [3.05, 3.63) is 58.8 Å². The quantitative estimate of drug-likeness (QED) is 0.446. The van der Waals surface area contributed by atoms with Crippen molar-refractivity contribution in [2.45, 2.75) is 33.7 Å². The third-order valence-electron chi connectivity index (χ3n) is 6.53. The molecular weight excluding hydrogens is 442 g/mol. The molecule has 9 heteroatoms. The first-order valence-corrected chi connectivity index (χ1v) is 11.6. The van der Waals surface area contributed by atoms with Gasteiger partial charge in [-0.05, 0) is 54.7 Å². The normalized spacial score (nSPS) is 13.0. The van der Waals surface area contributed by atoms with Crippen LogP contribution in [-0.4, -0.2) is 44.2 Å². The summed E-state index contributed by atoms with van der Waals surface area (Å²) < 4.78 is 7.38. The van der Waals surface area contributed by atoms with Crippen LogP contribution < -0.4 is 15.4 Å². The van der Waals surface area contributed by atoms with E-state index in [0.29, 0.717) is 36.3 Å². The number of anilines is 4. The second-order valence-electron chi connectivity index (χ2n) is 8.93. The van der Waals surface area contributed by atoms with E-state index in [0.717, 1.165) is 39.9 Å². The standard InChI is InChI=1S/C26H29N7O2/c1-15-7-6-8-16(2)23(15)29-24-20-13-27-26(30-25(20)32(4)31-24)28-21-11-18-9-10-33(17(3)34)14-19(18)12-22(21)35-5/h6-8,11-13H,9-10,14H2,1-5H3,(H,29,31)(H,27,28,30). The van der Waals surface area contributed by atoms with Gasteiger partial charge in [-0.3, -0.25) is 4.79 Å². The zero-order chi connectivity index (χ0) is 24.7. The number of rotatable bonds is 5. The van der Waals surface area contributed by atoms with Gasteiger partial charge in [0.05, 0.1) is 18.2 Å². The number of benzene rings is 2. The van der Waals surface area contributed by atoms with Crippen LogP contribution in [-0.2, 0) is 24.8 Å². The Morgan fingerprint density at radius 3 is 2.60 bits per heavy atom. The van der Waals surface area contributed by atoms with Crippen LogP contribution in [0.15, 0.2) is 36.5 Å². The molecule has 0 spiro atoms. The lowest BCUT2D eigenvalue weighted by atomic mass is 9.98. The Kier molecular flexibility index (Phi) is 5.76. The minimum atomic E-state index is 0.0844. The number of aryl methyl sites for hydroxylation is 3. The van der Waals surface area contributed by atoms with Gasteiger partial charge in [0.25, 0.3) is 0 Å². The number of nitrogens with zero attached hydrogens (tertiary/aromatic N) is 5. The van der Waals surface area contributed by atoms with Crippen molar-refractivity contribution in [2.24, 2.45) is 7.05 Å². The summed E-state index contributed by atoms with van der Waals surface area (Å²) in [6, 6.07) is 10.2. The summed E-state index contributed by atoms with van der Waals surface area (Å²) in [7, 11) is 3.50. The van der Waals surface area contributed by atoms with Crippen LogP contribution in [0.1, 0.15) is 29.2 Å². The van der Waals surface area contributed by atoms with E-state index in [1.165, 1.54) is 5.56 Å². The van der Waals surface area contributed by atoms with Crippen LogP contribution >= 0.6 is 0 Å². The number of nitrogens with one attached hydrogen (secondary N) is 2. The molecule has 0 radical (unpaired) electrons. The number of hydrogen-bond acceptors (Lipinski definition) is 7. The Hall–Kier alpha value is -4.14. The molecule has 180 valence electrons. The first-order chi connectivity index (χ1) is 16.8. The maximum Gasteiger partial charge on any atom is 0.229 e. The first-order valence-electron chi connectivity index (χ1n) is 11.6. The summed E-state index contributed by atoms with van der Waals surface area (Å²) in [5.41, 5.74) is 7.12. The fourth-order valence-electron chi connectivity index (χ4n) is 4.56. The molecule has 35 heavy (non-hydrogen) atoms. The number of hydrogen-bond donors (Lipinski definition) is 2. The highest BCUT2D eigenvalue weighted by Crippen LogP contribution is 2.34. The van der Waals surface area contributed by atoms with Gasteiger partial charge < -0.3 is 20.3 Å². The van der Waals surface area contributed by atoms with Gasteiger partial charge in [-0.15, -0.1) is 0 Å². The summed E-state index contributed by atoms with van der Waals surface area (Å²) in [5, 5.41) is 12.3. The van der Waals surface area contributed by atoms with Crippen LogP contribution in [0, 0.1) is 13.8 Å². The van der Waals surface area contributed by atoms with Crippen LogP contribution in [0.5, 0.6) is 5.75 Å². The summed E-state index contributed by atoms with van der Waals surface area (Å²) in [5.74, 6) is 1.94. The van der Waals surface area contributed by atoms with Crippen LogP contribution in [0.25, 0.3) is 11.0 Å². The van der Waals surface area contributed by atoms with Gasteiger partial charge in [-0.2, -0.15) is 10.1 Å². The fraction of sp³-hybridized carbons (Fsp3) is 0.308. The van der Waals surface area contributed by atoms with E-state index < -0.39 is 0 Å². The highest BCUT2D eigenvalue weighted by atomic mass is 16.5. The van der Waals surface area contributed by atoms with Gasteiger partial charge in [-0.25, -0.2) is 9.67 Å².